The molecule has 0 unspecified atom stereocenters. The van der Waals surface area contributed by atoms with Crippen LogP contribution in [0.1, 0.15) is 49.4 Å². The van der Waals surface area contributed by atoms with Crippen LogP contribution in [0.15, 0.2) is 68.0 Å². The zero-order valence-electron chi connectivity index (χ0n) is 20.6. The Hall–Kier alpha value is -2.97. The third-order valence-corrected chi connectivity index (χ3v) is 7.72. The maximum absolute atomic E-state index is 13.7. The number of methoxy groups -OCH3 is 1. The number of nitrogens with zero attached hydrogens (tertiary/aromatic N) is 3. The van der Waals surface area contributed by atoms with Gasteiger partial charge in [-0.1, -0.05) is 55.5 Å². The zero-order chi connectivity index (χ0) is 25.4. The van der Waals surface area contributed by atoms with Gasteiger partial charge in [0.05, 0.1) is 34.6 Å². The summed E-state index contributed by atoms with van der Waals surface area (Å²) in [7, 11) is 5.31. The zero-order valence-corrected chi connectivity index (χ0v) is 23.0. The third-order valence-electron chi connectivity index (χ3n) is 6.10. The van der Waals surface area contributed by atoms with Crippen LogP contribution in [0.4, 0.5) is 5.69 Å². The van der Waals surface area contributed by atoms with Gasteiger partial charge in [-0.2, -0.15) is 0 Å². The van der Waals surface area contributed by atoms with Crippen molar-refractivity contribution in [1.29, 1.82) is 0 Å². The summed E-state index contributed by atoms with van der Waals surface area (Å²) in [6.45, 7) is 6.05. The number of esters is 1. The largest absolute Gasteiger partial charge is 0.466 e. The van der Waals surface area contributed by atoms with Crippen LogP contribution in [0.2, 0.25) is 0 Å². The fourth-order valence-electron chi connectivity index (χ4n) is 4.20. The van der Waals surface area contributed by atoms with Crippen LogP contribution in [-0.4, -0.2) is 31.7 Å². The lowest BCUT2D eigenvalue weighted by Crippen LogP contribution is -2.39. The van der Waals surface area contributed by atoms with Crippen molar-refractivity contribution in [2.24, 2.45) is 4.99 Å². The minimum atomic E-state index is -0.607. The number of anilines is 1. The highest BCUT2D eigenvalue weighted by molar-refractivity contribution is 9.10. The van der Waals surface area contributed by atoms with Crippen molar-refractivity contribution in [3.05, 3.63) is 94.6 Å². The molecule has 2 heterocycles. The van der Waals surface area contributed by atoms with E-state index in [1.807, 2.05) is 67.5 Å². The van der Waals surface area contributed by atoms with Gasteiger partial charge in [-0.05, 0) is 63.7 Å². The molecule has 0 spiro atoms. The Balaban J connectivity index is 1.91. The van der Waals surface area contributed by atoms with Crippen molar-refractivity contribution in [3.8, 4) is 0 Å². The number of aromatic nitrogens is 1. The summed E-state index contributed by atoms with van der Waals surface area (Å²) in [4.78, 5) is 33.7. The molecule has 1 atom stereocenters. The van der Waals surface area contributed by atoms with E-state index in [9.17, 15) is 9.59 Å². The van der Waals surface area contributed by atoms with E-state index in [1.165, 1.54) is 24.0 Å². The van der Waals surface area contributed by atoms with Gasteiger partial charge in [0.15, 0.2) is 4.80 Å². The summed E-state index contributed by atoms with van der Waals surface area (Å²) >= 11 is 4.93. The number of carbonyl (C=O) groups excluding carboxylic acids is 1. The molecule has 0 amide bonds. The monoisotopic (exact) mass is 553 g/mol. The number of allylic oxidation sites excluding steroid dienone is 1. The lowest BCUT2D eigenvalue weighted by Gasteiger charge is -2.24. The van der Waals surface area contributed by atoms with Gasteiger partial charge in [-0.15, -0.1) is 0 Å². The minimum absolute atomic E-state index is 0.187. The Bertz CT molecular complexity index is 1500. The molecular formula is C27H28BrN3O3S. The van der Waals surface area contributed by atoms with Gasteiger partial charge in [0.25, 0.3) is 5.56 Å². The lowest BCUT2D eigenvalue weighted by atomic mass is 9.93. The molecule has 4 rings (SSSR count). The van der Waals surface area contributed by atoms with E-state index in [-0.39, 0.29) is 5.56 Å². The van der Waals surface area contributed by atoms with E-state index in [4.69, 9.17) is 4.74 Å². The molecule has 0 saturated heterocycles. The third kappa shape index (κ3) is 4.77. The van der Waals surface area contributed by atoms with E-state index in [2.05, 4.69) is 34.8 Å². The Labute approximate surface area is 217 Å². The number of ether oxygens (including phenoxy) is 1. The van der Waals surface area contributed by atoms with Crippen LogP contribution >= 0.6 is 27.3 Å². The Kier molecular flexibility index (Phi) is 7.15. The standard InChI is InChI=1S/C27H28BrN3O3S/c1-15(2)18-8-10-19(11-9-18)24-23(26(33)34-6)16(3)29-27-31(24)25(32)22(35-27)14-17-7-12-21(30(4)5)20(28)13-17/h7-15,24H,1-6H3/b22-14-/t24-/m1/s1. The van der Waals surface area contributed by atoms with Gasteiger partial charge in [0.2, 0.25) is 0 Å². The van der Waals surface area contributed by atoms with Crippen LogP contribution in [0, 0.1) is 0 Å². The molecule has 182 valence electrons. The summed E-state index contributed by atoms with van der Waals surface area (Å²) in [6.07, 6.45) is 1.87. The molecule has 0 radical (unpaired) electrons. The molecule has 35 heavy (non-hydrogen) atoms. The molecule has 1 aliphatic rings. The second-order valence-electron chi connectivity index (χ2n) is 9.00. The van der Waals surface area contributed by atoms with Gasteiger partial charge in [0, 0.05) is 18.6 Å². The molecular weight excluding hydrogens is 526 g/mol. The number of halogens is 1. The van der Waals surface area contributed by atoms with E-state index in [1.54, 1.807) is 11.5 Å². The second kappa shape index (κ2) is 9.95. The molecule has 0 fully saturated rings. The quantitative estimate of drug-likeness (QED) is 0.440. The number of hydrogen-bond acceptors (Lipinski definition) is 6. The number of carbonyl (C=O) groups is 1. The highest BCUT2D eigenvalue weighted by atomic mass is 79.9. The molecule has 0 saturated carbocycles. The average molecular weight is 555 g/mol. The summed E-state index contributed by atoms with van der Waals surface area (Å²) in [6, 6.07) is 13.4. The Morgan fingerprint density at radius 1 is 1.20 bits per heavy atom. The summed E-state index contributed by atoms with van der Waals surface area (Å²) in [5.41, 5.74) is 4.72. The molecule has 0 N–H and O–H groups in total. The van der Waals surface area contributed by atoms with E-state index >= 15 is 0 Å². The van der Waals surface area contributed by atoms with Crippen molar-refractivity contribution in [2.75, 3.05) is 26.1 Å². The van der Waals surface area contributed by atoms with Gasteiger partial charge < -0.3 is 9.64 Å². The first-order valence-corrected chi connectivity index (χ1v) is 12.9. The molecule has 6 nitrogen and oxygen atoms in total. The second-order valence-corrected chi connectivity index (χ2v) is 10.9. The maximum atomic E-state index is 13.7. The summed E-state index contributed by atoms with van der Waals surface area (Å²) in [5.74, 6) is -0.108. The fraction of sp³-hybridized carbons (Fsp3) is 0.296. The number of fused-ring (bicyclic) bond motifs is 1. The molecule has 2 aromatic carbocycles. The average Bonchev–Trinajstić information content (AvgIpc) is 3.11. The Morgan fingerprint density at radius 3 is 2.46 bits per heavy atom. The molecule has 0 bridgehead atoms. The molecule has 3 aromatic rings. The fourth-order valence-corrected chi connectivity index (χ4v) is 6.00. The highest BCUT2D eigenvalue weighted by Gasteiger charge is 2.33. The summed E-state index contributed by atoms with van der Waals surface area (Å²) < 4.78 is 8.20. The molecule has 1 aromatic heterocycles. The predicted octanol–water partition coefficient (Wildman–Crippen LogP) is 4.36. The topological polar surface area (TPSA) is 63.9 Å². The van der Waals surface area contributed by atoms with Crippen LogP contribution in [0.5, 0.6) is 0 Å². The smallest absolute Gasteiger partial charge is 0.338 e. The Morgan fingerprint density at radius 2 is 1.89 bits per heavy atom. The molecule has 1 aliphatic heterocycles. The van der Waals surface area contributed by atoms with Crippen molar-refractivity contribution in [2.45, 2.75) is 32.7 Å². The first-order valence-electron chi connectivity index (χ1n) is 11.3. The lowest BCUT2D eigenvalue weighted by molar-refractivity contribution is -0.136. The first kappa shape index (κ1) is 25.1. The van der Waals surface area contributed by atoms with Crippen LogP contribution in [-0.2, 0) is 9.53 Å². The van der Waals surface area contributed by atoms with Gasteiger partial charge >= 0.3 is 5.97 Å². The van der Waals surface area contributed by atoms with Crippen molar-refractivity contribution >= 4 is 45.0 Å². The summed E-state index contributed by atoms with van der Waals surface area (Å²) in [5, 5.41) is 0. The number of benzene rings is 2. The van der Waals surface area contributed by atoms with Crippen molar-refractivity contribution in [1.82, 2.24) is 4.57 Å². The number of rotatable bonds is 5. The number of hydrogen-bond donors (Lipinski definition) is 0. The molecule has 0 aliphatic carbocycles. The van der Waals surface area contributed by atoms with E-state index < -0.39 is 12.0 Å². The van der Waals surface area contributed by atoms with E-state index in [0.717, 1.165) is 21.3 Å². The maximum Gasteiger partial charge on any atom is 0.338 e. The minimum Gasteiger partial charge on any atom is -0.466 e. The van der Waals surface area contributed by atoms with E-state index in [0.29, 0.717) is 26.5 Å². The van der Waals surface area contributed by atoms with Crippen LogP contribution < -0.4 is 19.8 Å². The predicted molar refractivity (Wildman–Crippen MR) is 145 cm³/mol. The van der Waals surface area contributed by atoms with Crippen molar-refractivity contribution in [3.63, 3.8) is 0 Å². The first-order chi connectivity index (χ1) is 16.6. The highest BCUT2D eigenvalue weighted by Crippen LogP contribution is 2.31. The van der Waals surface area contributed by atoms with Gasteiger partial charge in [-0.25, -0.2) is 9.79 Å². The van der Waals surface area contributed by atoms with Gasteiger partial charge in [-0.3, -0.25) is 9.36 Å². The SMILES string of the molecule is COC(=O)C1=C(C)N=c2s/c(=C\c3ccc(N(C)C)c(Br)c3)c(=O)n2[C@@H]1c1ccc(C(C)C)cc1. The van der Waals surface area contributed by atoms with Crippen LogP contribution in [0.25, 0.3) is 6.08 Å². The van der Waals surface area contributed by atoms with Crippen molar-refractivity contribution < 1.29 is 9.53 Å². The van der Waals surface area contributed by atoms with Gasteiger partial charge in [0.1, 0.15) is 0 Å². The molecule has 8 heteroatoms. The normalized spacial score (nSPS) is 15.8. The number of thiazole rings is 1. The van der Waals surface area contributed by atoms with Crippen LogP contribution in [0.3, 0.4) is 0 Å².